The first-order valence-corrected chi connectivity index (χ1v) is 19.0. The highest BCUT2D eigenvalue weighted by atomic mass is 28.3. The summed E-state index contributed by atoms with van der Waals surface area (Å²) >= 11 is 0. The number of rotatable bonds is 6. The summed E-state index contributed by atoms with van der Waals surface area (Å²) in [6, 6.07) is 8.50. The molecule has 1 aromatic carbocycles. The molecule has 0 unspecified atom stereocenters. The average molecular weight is 541 g/mol. The van der Waals surface area contributed by atoms with Gasteiger partial charge in [-0.15, -0.1) is 11.1 Å². The number of aromatic nitrogens is 2. The lowest BCUT2D eigenvalue weighted by atomic mass is 10.0. The van der Waals surface area contributed by atoms with Crippen LogP contribution in [0.2, 0.25) is 33.2 Å². The zero-order valence-electron chi connectivity index (χ0n) is 25.8. The molecule has 2 aromatic heterocycles. The van der Waals surface area contributed by atoms with Crippen molar-refractivity contribution in [3.8, 4) is 22.9 Å². The third-order valence-corrected chi connectivity index (χ3v) is 21.8. The van der Waals surface area contributed by atoms with Crippen molar-refractivity contribution in [2.24, 2.45) is 0 Å². The number of hydrogen-bond donors (Lipinski definition) is 0. The van der Waals surface area contributed by atoms with E-state index in [0.717, 1.165) is 32.9 Å². The highest BCUT2D eigenvalue weighted by molar-refractivity contribution is 6.91. The standard InChI is InChI=1S/C34H48N2Si2/c1-23(2)37(24(3)4,25(5)6)21-17-29-15-19-35-33-31(29)13-14-32-30(16-20-36-34(32)33)18-22-38(26(7)8,27(9)10)28(11)12/h13-16,19-20,23-28H,1-12H3. The van der Waals surface area contributed by atoms with Gasteiger partial charge in [-0.2, -0.15) is 0 Å². The van der Waals surface area contributed by atoms with Crippen molar-refractivity contribution in [3.63, 3.8) is 0 Å². The maximum absolute atomic E-state index is 4.80. The Hall–Kier alpha value is -2.41. The van der Waals surface area contributed by atoms with Crippen molar-refractivity contribution in [2.45, 2.75) is 116 Å². The summed E-state index contributed by atoms with van der Waals surface area (Å²) in [4.78, 5) is 9.59. The van der Waals surface area contributed by atoms with Gasteiger partial charge in [0, 0.05) is 34.3 Å². The van der Waals surface area contributed by atoms with Crippen molar-refractivity contribution in [3.05, 3.63) is 47.8 Å². The van der Waals surface area contributed by atoms with Crippen molar-refractivity contribution in [1.82, 2.24) is 9.97 Å². The number of fused-ring (bicyclic) bond motifs is 3. The van der Waals surface area contributed by atoms with E-state index < -0.39 is 16.1 Å². The fraction of sp³-hybridized carbons (Fsp3) is 0.529. The Balaban J connectivity index is 2.22. The molecule has 3 rings (SSSR count). The molecule has 202 valence electrons. The van der Waals surface area contributed by atoms with Crippen LogP contribution in [-0.2, 0) is 0 Å². The molecule has 38 heavy (non-hydrogen) atoms. The number of nitrogens with zero attached hydrogens (tertiary/aromatic N) is 2. The largest absolute Gasteiger partial charge is 0.254 e. The maximum Gasteiger partial charge on any atom is 0.146 e. The molecule has 0 radical (unpaired) electrons. The molecular formula is C34H48N2Si2. The summed E-state index contributed by atoms with van der Waals surface area (Å²) in [7, 11) is -3.66. The second kappa shape index (κ2) is 11.8. The van der Waals surface area contributed by atoms with Gasteiger partial charge in [0.1, 0.15) is 16.1 Å². The fourth-order valence-corrected chi connectivity index (χ4v) is 17.7. The Kier molecular flexibility index (Phi) is 9.34. The molecule has 0 aliphatic carbocycles. The number of pyridine rings is 2. The average Bonchev–Trinajstić information content (AvgIpc) is 2.83. The van der Waals surface area contributed by atoms with E-state index in [9.17, 15) is 0 Å². The van der Waals surface area contributed by atoms with Crippen molar-refractivity contribution in [1.29, 1.82) is 0 Å². The van der Waals surface area contributed by atoms with E-state index in [1.165, 1.54) is 0 Å². The predicted molar refractivity (Wildman–Crippen MR) is 173 cm³/mol. The second-order valence-corrected chi connectivity index (χ2v) is 24.0. The minimum Gasteiger partial charge on any atom is -0.254 e. The summed E-state index contributed by atoms with van der Waals surface area (Å²) in [5.74, 6) is 7.31. The summed E-state index contributed by atoms with van der Waals surface area (Å²) in [6.45, 7) is 28.3. The van der Waals surface area contributed by atoms with E-state index >= 15 is 0 Å². The highest BCUT2D eigenvalue weighted by Gasteiger charge is 2.42. The van der Waals surface area contributed by atoms with Gasteiger partial charge in [-0.1, -0.05) is 107 Å². The van der Waals surface area contributed by atoms with Crippen LogP contribution >= 0.6 is 0 Å². The van der Waals surface area contributed by atoms with Gasteiger partial charge < -0.3 is 0 Å². The van der Waals surface area contributed by atoms with Gasteiger partial charge in [0.2, 0.25) is 0 Å². The number of hydrogen-bond acceptors (Lipinski definition) is 2. The molecule has 0 N–H and O–H groups in total. The lowest BCUT2D eigenvalue weighted by Gasteiger charge is -2.38. The normalized spacial score (nSPS) is 12.7. The van der Waals surface area contributed by atoms with Gasteiger partial charge in [-0.25, -0.2) is 0 Å². The highest BCUT2D eigenvalue weighted by Crippen LogP contribution is 2.42. The van der Waals surface area contributed by atoms with E-state index in [1.807, 2.05) is 12.4 Å². The molecule has 3 aromatic rings. The molecule has 0 fully saturated rings. The first-order valence-electron chi connectivity index (χ1n) is 14.5. The van der Waals surface area contributed by atoms with Gasteiger partial charge in [-0.05, 0) is 45.4 Å². The number of benzene rings is 1. The van der Waals surface area contributed by atoms with Gasteiger partial charge >= 0.3 is 0 Å². The molecule has 0 aliphatic heterocycles. The van der Waals surface area contributed by atoms with Crippen LogP contribution in [0.25, 0.3) is 21.8 Å². The van der Waals surface area contributed by atoms with Gasteiger partial charge in [0.25, 0.3) is 0 Å². The fourth-order valence-electron chi connectivity index (χ4n) is 7.26. The van der Waals surface area contributed by atoms with E-state index in [-0.39, 0.29) is 0 Å². The molecule has 0 aliphatic rings. The topological polar surface area (TPSA) is 25.8 Å². The zero-order chi connectivity index (χ0) is 28.4. The van der Waals surface area contributed by atoms with Crippen molar-refractivity contribution in [2.75, 3.05) is 0 Å². The Bertz CT molecular complexity index is 1260. The molecule has 2 nitrogen and oxygen atoms in total. The Morgan fingerprint density at radius 3 is 1.03 bits per heavy atom. The van der Waals surface area contributed by atoms with Crippen LogP contribution < -0.4 is 0 Å². The monoisotopic (exact) mass is 540 g/mol. The lowest BCUT2D eigenvalue weighted by Crippen LogP contribution is -2.43. The van der Waals surface area contributed by atoms with Gasteiger partial charge in [0.15, 0.2) is 0 Å². The van der Waals surface area contributed by atoms with E-state index in [0.29, 0.717) is 33.2 Å². The third kappa shape index (κ3) is 5.23. The Labute approximate surface area is 234 Å². The first kappa shape index (κ1) is 30.1. The molecule has 2 heterocycles. The minimum absolute atomic E-state index is 0.602. The van der Waals surface area contributed by atoms with E-state index in [2.05, 4.69) is 130 Å². The predicted octanol–water partition coefficient (Wildman–Crippen LogP) is 9.92. The summed E-state index contributed by atoms with van der Waals surface area (Å²) < 4.78 is 0. The van der Waals surface area contributed by atoms with Crippen LogP contribution in [-0.4, -0.2) is 26.1 Å². The van der Waals surface area contributed by atoms with Gasteiger partial charge in [0.05, 0.1) is 11.0 Å². The van der Waals surface area contributed by atoms with Crippen LogP contribution in [0.1, 0.15) is 94.2 Å². The van der Waals surface area contributed by atoms with Crippen LogP contribution in [0.4, 0.5) is 0 Å². The quantitative estimate of drug-likeness (QED) is 0.177. The third-order valence-electron chi connectivity index (χ3n) is 9.18. The summed E-state index contributed by atoms with van der Waals surface area (Å²) in [6.07, 6.45) is 3.78. The molecule has 0 spiro atoms. The molecular weight excluding hydrogens is 493 g/mol. The SMILES string of the molecule is CC(C)[Si](C#Cc1ccnc2c1ccc1c(C#C[Si](C(C)C)(C(C)C)C(C)C)ccnc12)(C(C)C)C(C)C. The first-order chi connectivity index (χ1) is 17.8. The second-order valence-electron chi connectivity index (χ2n) is 12.9. The molecule has 4 heteroatoms. The van der Waals surface area contributed by atoms with Crippen LogP contribution in [0.5, 0.6) is 0 Å². The minimum atomic E-state index is -1.83. The molecule has 0 bridgehead atoms. The van der Waals surface area contributed by atoms with Crippen molar-refractivity contribution < 1.29 is 0 Å². The van der Waals surface area contributed by atoms with Crippen molar-refractivity contribution >= 4 is 38.0 Å². The van der Waals surface area contributed by atoms with E-state index in [4.69, 9.17) is 9.97 Å². The molecule has 0 amide bonds. The van der Waals surface area contributed by atoms with E-state index in [1.54, 1.807) is 0 Å². The zero-order valence-corrected chi connectivity index (χ0v) is 27.8. The molecule has 0 saturated heterocycles. The van der Waals surface area contributed by atoms with Crippen LogP contribution in [0.15, 0.2) is 36.7 Å². The Morgan fingerprint density at radius 1 is 0.474 bits per heavy atom. The summed E-state index contributed by atoms with van der Waals surface area (Å²) in [5, 5.41) is 2.17. The Morgan fingerprint density at radius 2 is 0.763 bits per heavy atom. The smallest absolute Gasteiger partial charge is 0.146 e. The van der Waals surface area contributed by atoms with Gasteiger partial charge in [-0.3, -0.25) is 9.97 Å². The molecule has 0 atom stereocenters. The van der Waals surface area contributed by atoms with Crippen LogP contribution in [0, 0.1) is 22.9 Å². The molecule has 0 saturated carbocycles. The summed E-state index contributed by atoms with van der Waals surface area (Å²) in [5.41, 5.74) is 15.3. The maximum atomic E-state index is 4.80. The van der Waals surface area contributed by atoms with Crippen LogP contribution in [0.3, 0.4) is 0 Å². The lowest BCUT2D eigenvalue weighted by molar-refractivity contribution is 0.838.